The van der Waals surface area contributed by atoms with Crippen molar-refractivity contribution >= 4 is 5.57 Å². The van der Waals surface area contributed by atoms with Gasteiger partial charge in [0.15, 0.2) is 0 Å². The van der Waals surface area contributed by atoms with Gasteiger partial charge in [-0.05, 0) is 57.0 Å². The van der Waals surface area contributed by atoms with E-state index in [1.54, 1.807) is 0 Å². The van der Waals surface area contributed by atoms with E-state index in [4.69, 9.17) is 4.74 Å². The smallest absolute Gasteiger partial charge is 0.128 e. The monoisotopic (exact) mass is 294 g/mol. The zero-order valence-electron chi connectivity index (χ0n) is 14.5. The van der Waals surface area contributed by atoms with E-state index in [0.717, 1.165) is 5.75 Å². The summed E-state index contributed by atoms with van der Waals surface area (Å²) >= 11 is 0. The summed E-state index contributed by atoms with van der Waals surface area (Å²) in [7, 11) is 0. The molecule has 0 saturated carbocycles. The van der Waals surface area contributed by atoms with Gasteiger partial charge in [0.2, 0.25) is 0 Å². The molecule has 1 aliphatic rings. The molecule has 0 amide bonds. The molecular formula is C21H26O. The molecule has 0 atom stereocenters. The number of rotatable bonds is 1. The fraction of sp³-hybridized carbons (Fsp3) is 0.333. The maximum Gasteiger partial charge on any atom is 0.128 e. The first-order valence-electron chi connectivity index (χ1n) is 8.04. The van der Waals surface area contributed by atoms with Gasteiger partial charge in [-0.25, -0.2) is 0 Å². The van der Waals surface area contributed by atoms with Crippen molar-refractivity contribution in [1.82, 2.24) is 0 Å². The van der Waals surface area contributed by atoms with Crippen LogP contribution in [0.2, 0.25) is 0 Å². The van der Waals surface area contributed by atoms with E-state index in [1.165, 1.54) is 27.8 Å². The van der Waals surface area contributed by atoms with Gasteiger partial charge in [-0.3, -0.25) is 0 Å². The Hall–Kier alpha value is -2.02. The molecule has 0 fully saturated rings. The summed E-state index contributed by atoms with van der Waals surface area (Å²) in [6, 6.07) is 15.1. The Kier molecular flexibility index (Phi) is 4.75. The molecular weight excluding hydrogens is 268 g/mol. The van der Waals surface area contributed by atoms with E-state index in [0.29, 0.717) is 0 Å². The van der Waals surface area contributed by atoms with E-state index in [-0.39, 0.29) is 5.60 Å². The lowest BCUT2D eigenvalue weighted by Gasteiger charge is -2.31. The average Bonchev–Trinajstić information content (AvgIpc) is 2.49. The molecule has 0 N–H and O–H groups in total. The predicted octanol–water partition coefficient (Wildman–Crippen LogP) is 5.93. The third-order valence-electron chi connectivity index (χ3n) is 3.65. The summed E-state index contributed by atoms with van der Waals surface area (Å²) in [5.74, 6) is 0.971. The van der Waals surface area contributed by atoms with E-state index in [1.807, 2.05) is 13.8 Å². The maximum absolute atomic E-state index is 6.07. The number of hydrogen-bond acceptors (Lipinski definition) is 1. The van der Waals surface area contributed by atoms with Crippen molar-refractivity contribution < 1.29 is 4.74 Å². The minimum atomic E-state index is -0.275. The normalized spacial score (nSPS) is 14.9. The van der Waals surface area contributed by atoms with Crippen molar-refractivity contribution in [2.75, 3.05) is 0 Å². The van der Waals surface area contributed by atoms with Crippen LogP contribution in [-0.2, 0) is 0 Å². The van der Waals surface area contributed by atoms with E-state index >= 15 is 0 Å². The summed E-state index contributed by atoms with van der Waals surface area (Å²) < 4.78 is 6.07. The van der Waals surface area contributed by atoms with Gasteiger partial charge in [-0.2, -0.15) is 0 Å². The first-order valence-corrected chi connectivity index (χ1v) is 8.04. The van der Waals surface area contributed by atoms with Crippen LogP contribution in [0.1, 0.15) is 49.9 Å². The Balaban J connectivity index is 0.000000847. The zero-order valence-corrected chi connectivity index (χ0v) is 14.5. The van der Waals surface area contributed by atoms with Crippen LogP contribution in [0.3, 0.4) is 0 Å². The third-order valence-corrected chi connectivity index (χ3v) is 3.65. The number of hydrogen-bond donors (Lipinski definition) is 0. The Morgan fingerprint density at radius 1 is 0.818 bits per heavy atom. The fourth-order valence-electron chi connectivity index (χ4n) is 2.65. The van der Waals surface area contributed by atoms with Crippen LogP contribution in [0.15, 0.2) is 48.5 Å². The molecule has 1 nitrogen and oxygen atoms in total. The predicted molar refractivity (Wildman–Crippen MR) is 95.5 cm³/mol. The SMILES string of the molecule is CC.Cc1ccc(C2=CC(C)(C)Oc3ccc(C)cc32)cc1. The van der Waals surface area contributed by atoms with Gasteiger partial charge in [0.25, 0.3) is 0 Å². The van der Waals surface area contributed by atoms with Gasteiger partial charge < -0.3 is 4.74 Å². The minimum absolute atomic E-state index is 0.275. The highest BCUT2D eigenvalue weighted by molar-refractivity contribution is 5.85. The second kappa shape index (κ2) is 6.39. The molecule has 1 aliphatic heterocycles. The highest BCUT2D eigenvalue weighted by Gasteiger charge is 2.27. The standard InChI is InChI=1S/C19H20O.C2H6/c1-13-5-8-15(9-6-13)17-12-19(3,4)20-18-10-7-14(2)11-16(17)18;1-2/h5-12H,1-4H3;1-2H3. The van der Waals surface area contributed by atoms with Crippen molar-refractivity contribution in [1.29, 1.82) is 0 Å². The van der Waals surface area contributed by atoms with Gasteiger partial charge in [-0.15, -0.1) is 0 Å². The lowest BCUT2D eigenvalue weighted by molar-refractivity contribution is 0.158. The minimum Gasteiger partial charge on any atom is -0.483 e. The Bertz CT molecular complexity index is 676. The lowest BCUT2D eigenvalue weighted by Crippen LogP contribution is -2.29. The topological polar surface area (TPSA) is 9.23 Å². The molecule has 0 radical (unpaired) electrons. The summed E-state index contributed by atoms with van der Waals surface area (Å²) in [5, 5.41) is 0. The number of aryl methyl sites for hydroxylation is 2. The van der Waals surface area contributed by atoms with Crippen molar-refractivity contribution in [3.05, 3.63) is 70.8 Å². The van der Waals surface area contributed by atoms with E-state index < -0.39 is 0 Å². The van der Waals surface area contributed by atoms with Gasteiger partial charge in [-0.1, -0.05) is 55.3 Å². The van der Waals surface area contributed by atoms with Crippen LogP contribution in [0.5, 0.6) is 5.75 Å². The second-order valence-corrected chi connectivity index (χ2v) is 6.13. The van der Waals surface area contributed by atoms with Crippen molar-refractivity contribution in [3.63, 3.8) is 0 Å². The molecule has 116 valence electrons. The molecule has 0 saturated heterocycles. The molecule has 2 aromatic carbocycles. The molecule has 3 rings (SSSR count). The van der Waals surface area contributed by atoms with Gasteiger partial charge in [0, 0.05) is 5.56 Å². The highest BCUT2D eigenvalue weighted by atomic mass is 16.5. The summed E-state index contributed by atoms with van der Waals surface area (Å²) in [5.41, 5.74) is 5.96. The molecule has 2 aromatic rings. The summed E-state index contributed by atoms with van der Waals surface area (Å²) in [4.78, 5) is 0. The zero-order chi connectivity index (χ0) is 16.3. The molecule has 0 spiro atoms. The molecule has 1 heteroatoms. The van der Waals surface area contributed by atoms with Crippen molar-refractivity contribution in [3.8, 4) is 5.75 Å². The molecule has 22 heavy (non-hydrogen) atoms. The van der Waals surface area contributed by atoms with Crippen LogP contribution in [0.4, 0.5) is 0 Å². The van der Waals surface area contributed by atoms with Crippen LogP contribution >= 0.6 is 0 Å². The quantitative estimate of drug-likeness (QED) is 0.633. The molecule has 0 unspecified atom stereocenters. The van der Waals surface area contributed by atoms with Gasteiger partial charge in [0.05, 0.1) is 0 Å². The summed E-state index contributed by atoms with van der Waals surface area (Å²) in [6.45, 7) is 12.4. The van der Waals surface area contributed by atoms with Crippen LogP contribution in [0.25, 0.3) is 5.57 Å². The van der Waals surface area contributed by atoms with Crippen molar-refractivity contribution in [2.45, 2.75) is 47.1 Å². The second-order valence-electron chi connectivity index (χ2n) is 6.13. The van der Waals surface area contributed by atoms with E-state index in [2.05, 4.69) is 76.2 Å². The number of fused-ring (bicyclic) bond motifs is 1. The Labute approximate surface area is 134 Å². The van der Waals surface area contributed by atoms with E-state index in [9.17, 15) is 0 Å². The van der Waals surface area contributed by atoms with Gasteiger partial charge >= 0.3 is 0 Å². The van der Waals surface area contributed by atoms with Crippen LogP contribution in [0, 0.1) is 13.8 Å². The van der Waals surface area contributed by atoms with Crippen LogP contribution < -0.4 is 4.74 Å². The molecule has 0 bridgehead atoms. The average molecular weight is 294 g/mol. The highest BCUT2D eigenvalue weighted by Crippen LogP contribution is 2.39. The van der Waals surface area contributed by atoms with Crippen LogP contribution in [-0.4, -0.2) is 5.60 Å². The number of benzene rings is 2. The molecule has 1 heterocycles. The maximum atomic E-state index is 6.07. The number of ether oxygens (including phenoxy) is 1. The summed E-state index contributed by atoms with van der Waals surface area (Å²) in [6.07, 6.45) is 2.22. The fourth-order valence-corrected chi connectivity index (χ4v) is 2.65. The molecule has 0 aliphatic carbocycles. The largest absolute Gasteiger partial charge is 0.483 e. The Morgan fingerprint density at radius 2 is 1.41 bits per heavy atom. The molecule has 0 aromatic heterocycles. The third kappa shape index (κ3) is 3.41. The van der Waals surface area contributed by atoms with Gasteiger partial charge in [0.1, 0.15) is 11.4 Å². The first kappa shape index (κ1) is 16.4. The lowest BCUT2D eigenvalue weighted by atomic mass is 9.89. The Morgan fingerprint density at radius 3 is 2.05 bits per heavy atom. The van der Waals surface area contributed by atoms with Crippen molar-refractivity contribution in [2.24, 2.45) is 0 Å². The first-order chi connectivity index (χ1) is 10.4.